The van der Waals surface area contributed by atoms with Crippen molar-refractivity contribution >= 4 is 22.8 Å². The SMILES string of the molecule is Cc1ccc(N=Cc2cccc3cc[nH]c23)cc1. The average molecular weight is 234 g/mol. The van der Waals surface area contributed by atoms with Crippen LogP contribution in [0.5, 0.6) is 0 Å². The predicted molar refractivity (Wildman–Crippen MR) is 76.7 cm³/mol. The van der Waals surface area contributed by atoms with E-state index in [1.165, 1.54) is 10.9 Å². The van der Waals surface area contributed by atoms with Gasteiger partial charge in [-0.1, -0.05) is 35.9 Å². The van der Waals surface area contributed by atoms with Gasteiger partial charge in [-0.2, -0.15) is 0 Å². The molecule has 2 nitrogen and oxygen atoms in total. The Morgan fingerprint density at radius 2 is 1.83 bits per heavy atom. The molecule has 0 amide bonds. The van der Waals surface area contributed by atoms with Gasteiger partial charge < -0.3 is 4.98 Å². The summed E-state index contributed by atoms with van der Waals surface area (Å²) in [5.74, 6) is 0. The van der Waals surface area contributed by atoms with Crippen molar-refractivity contribution in [3.63, 3.8) is 0 Å². The number of fused-ring (bicyclic) bond motifs is 1. The maximum absolute atomic E-state index is 4.50. The molecule has 0 aliphatic heterocycles. The Morgan fingerprint density at radius 1 is 1.00 bits per heavy atom. The molecule has 0 spiro atoms. The molecular weight excluding hydrogens is 220 g/mol. The molecule has 18 heavy (non-hydrogen) atoms. The molecule has 2 aromatic carbocycles. The maximum Gasteiger partial charge on any atom is 0.0630 e. The first-order valence-corrected chi connectivity index (χ1v) is 6.00. The molecule has 1 aromatic heterocycles. The Balaban J connectivity index is 1.96. The number of benzene rings is 2. The Hall–Kier alpha value is -2.35. The molecule has 0 aliphatic rings. The summed E-state index contributed by atoms with van der Waals surface area (Å²) in [5, 5.41) is 1.21. The minimum Gasteiger partial charge on any atom is -0.361 e. The lowest BCUT2D eigenvalue weighted by Gasteiger charge is -1.97. The zero-order chi connectivity index (χ0) is 12.4. The summed E-state index contributed by atoms with van der Waals surface area (Å²) in [6, 6.07) is 16.5. The summed E-state index contributed by atoms with van der Waals surface area (Å²) < 4.78 is 0. The van der Waals surface area contributed by atoms with Crippen LogP contribution in [0.15, 0.2) is 59.7 Å². The fourth-order valence-electron chi connectivity index (χ4n) is 1.99. The molecule has 0 atom stereocenters. The second kappa shape index (κ2) is 4.49. The van der Waals surface area contributed by atoms with Crippen LogP contribution >= 0.6 is 0 Å². The third kappa shape index (κ3) is 2.05. The van der Waals surface area contributed by atoms with Crippen LogP contribution in [0.1, 0.15) is 11.1 Å². The highest BCUT2D eigenvalue weighted by molar-refractivity contribution is 5.98. The summed E-state index contributed by atoms with van der Waals surface area (Å²) in [7, 11) is 0. The molecule has 0 saturated heterocycles. The fourth-order valence-corrected chi connectivity index (χ4v) is 1.99. The number of hydrogen-bond donors (Lipinski definition) is 1. The first kappa shape index (κ1) is 10.8. The number of rotatable bonds is 2. The van der Waals surface area contributed by atoms with E-state index in [9.17, 15) is 0 Å². The largest absolute Gasteiger partial charge is 0.361 e. The Morgan fingerprint density at radius 3 is 2.67 bits per heavy atom. The number of aromatic nitrogens is 1. The number of aliphatic imine (C=N–C) groups is 1. The average Bonchev–Trinajstić information content (AvgIpc) is 2.87. The van der Waals surface area contributed by atoms with Gasteiger partial charge in [-0.15, -0.1) is 0 Å². The van der Waals surface area contributed by atoms with Crippen molar-refractivity contribution in [2.45, 2.75) is 6.92 Å². The third-order valence-corrected chi connectivity index (χ3v) is 3.01. The van der Waals surface area contributed by atoms with Crippen LogP contribution in [0.25, 0.3) is 10.9 Å². The summed E-state index contributed by atoms with van der Waals surface area (Å²) >= 11 is 0. The van der Waals surface area contributed by atoms with Crippen LogP contribution in [0, 0.1) is 6.92 Å². The van der Waals surface area contributed by atoms with Crippen LogP contribution in [-0.4, -0.2) is 11.2 Å². The quantitative estimate of drug-likeness (QED) is 0.643. The lowest BCUT2D eigenvalue weighted by Crippen LogP contribution is -1.82. The van der Waals surface area contributed by atoms with Crippen LogP contribution < -0.4 is 0 Å². The van der Waals surface area contributed by atoms with Crippen molar-refractivity contribution in [2.24, 2.45) is 4.99 Å². The second-order valence-corrected chi connectivity index (χ2v) is 4.38. The highest BCUT2D eigenvalue weighted by Crippen LogP contribution is 2.17. The van der Waals surface area contributed by atoms with E-state index in [0.29, 0.717) is 0 Å². The Kier molecular flexibility index (Phi) is 2.69. The first-order valence-electron chi connectivity index (χ1n) is 6.00. The molecule has 1 heterocycles. The summed E-state index contributed by atoms with van der Waals surface area (Å²) in [6.07, 6.45) is 3.86. The number of hydrogen-bond acceptors (Lipinski definition) is 1. The monoisotopic (exact) mass is 234 g/mol. The van der Waals surface area contributed by atoms with E-state index in [2.05, 4.69) is 47.2 Å². The highest BCUT2D eigenvalue weighted by Gasteiger charge is 1.98. The van der Waals surface area contributed by atoms with Crippen molar-refractivity contribution in [3.8, 4) is 0 Å². The molecule has 0 aliphatic carbocycles. The van der Waals surface area contributed by atoms with Crippen LogP contribution in [0.2, 0.25) is 0 Å². The molecule has 88 valence electrons. The van der Waals surface area contributed by atoms with Crippen LogP contribution in [-0.2, 0) is 0 Å². The summed E-state index contributed by atoms with van der Waals surface area (Å²) in [4.78, 5) is 7.74. The molecule has 2 heteroatoms. The number of nitrogens with one attached hydrogen (secondary N) is 1. The van der Waals surface area contributed by atoms with Gasteiger partial charge in [0.2, 0.25) is 0 Å². The molecule has 0 unspecified atom stereocenters. The molecule has 3 rings (SSSR count). The molecule has 3 aromatic rings. The molecule has 0 saturated carbocycles. The molecule has 1 N–H and O–H groups in total. The minimum atomic E-state index is 0.976. The Labute approximate surface area is 106 Å². The van der Waals surface area contributed by atoms with Gasteiger partial charge in [0.05, 0.1) is 11.2 Å². The van der Waals surface area contributed by atoms with Gasteiger partial charge in [0.1, 0.15) is 0 Å². The number of aromatic amines is 1. The van der Waals surface area contributed by atoms with Crippen molar-refractivity contribution in [1.29, 1.82) is 0 Å². The van der Waals surface area contributed by atoms with E-state index in [1.54, 1.807) is 0 Å². The number of nitrogens with zero attached hydrogens (tertiary/aromatic N) is 1. The van der Waals surface area contributed by atoms with Crippen molar-refractivity contribution in [3.05, 3.63) is 65.9 Å². The van der Waals surface area contributed by atoms with E-state index in [-0.39, 0.29) is 0 Å². The zero-order valence-electron chi connectivity index (χ0n) is 10.2. The highest BCUT2D eigenvalue weighted by atomic mass is 14.7. The lowest BCUT2D eigenvalue weighted by molar-refractivity contribution is 1.43. The molecule has 0 fully saturated rings. The number of aryl methyl sites for hydroxylation is 1. The normalized spacial score (nSPS) is 11.4. The third-order valence-electron chi connectivity index (χ3n) is 3.01. The van der Waals surface area contributed by atoms with Gasteiger partial charge in [0.15, 0.2) is 0 Å². The van der Waals surface area contributed by atoms with Gasteiger partial charge in [-0.3, -0.25) is 4.99 Å². The van der Waals surface area contributed by atoms with Crippen molar-refractivity contribution in [1.82, 2.24) is 4.98 Å². The summed E-state index contributed by atoms with van der Waals surface area (Å²) in [6.45, 7) is 2.08. The van der Waals surface area contributed by atoms with Crippen molar-refractivity contribution in [2.75, 3.05) is 0 Å². The van der Waals surface area contributed by atoms with Gasteiger partial charge in [-0.05, 0) is 25.1 Å². The fraction of sp³-hybridized carbons (Fsp3) is 0.0625. The number of H-pyrrole nitrogens is 1. The van der Waals surface area contributed by atoms with E-state index >= 15 is 0 Å². The first-order chi connectivity index (χ1) is 8.83. The number of para-hydroxylation sites is 1. The van der Waals surface area contributed by atoms with Crippen molar-refractivity contribution < 1.29 is 0 Å². The van der Waals surface area contributed by atoms with Gasteiger partial charge in [0, 0.05) is 23.4 Å². The zero-order valence-corrected chi connectivity index (χ0v) is 10.2. The standard InChI is InChI=1S/C16H14N2/c1-12-5-7-15(8-6-12)18-11-14-4-2-3-13-9-10-17-16(13)14/h2-11,17H,1H3. The molecular formula is C16H14N2. The lowest BCUT2D eigenvalue weighted by atomic mass is 10.1. The molecule has 0 radical (unpaired) electrons. The predicted octanol–water partition coefficient (Wildman–Crippen LogP) is 4.23. The smallest absolute Gasteiger partial charge is 0.0630 e. The van der Waals surface area contributed by atoms with E-state index in [0.717, 1.165) is 16.8 Å². The van der Waals surface area contributed by atoms with Gasteiger partial charge in [-0.25, -0.2) is 0 Å². The second-order valence-electron chi connectivity index (χ2n) is 4.38. The molecule has 0 bridgehead atoms. The van der Waals surface area contributed by atoms with E-state index < -0.39 is 0 Å². The van der Waals surface area contributed by atoms with E-state index in [1.807, 2.05) is 30.6 Å². The minimum absolute atomic E-state index is 0.976. The summed E-state index contributed by atoms with van der Waals surface area (Å²) in [5.41, 5.74) is 4.47. The Bertz CT molecular complexity index is 690. The van der Waals surface area contributed by atoms with E-state index in [4.69, 9.17) is 0 Å². The topological polar surface area (TPSA) is 28.1 Å². The van der Waals surface area contributed by atoms with Crippen LogP contribution in [0.3, 0.4) is 0 Å². The van der Waals surface area contributed by atoms with Gasteiger partial charge >= 0.3 is 0 Å². The maximum atomic E-state index is 4.50. The van der Waals surface area contributed by atoms with Crippen LogP contribution in [0.4, 0.5) is 5.69 Å². The van der Waals surface area contributed by atoms with Gasteiger partial charge in [0.25, 0.3) is 0 Å².